The van der Waals surface area contributed by atoms with Crippen LogP contribution in [0.25, 0.3) is 0 Å². The quantitative estimate of drug-likeness (QED) is 0.654. The first-order valence-corrected chi connectivity index (χ1v) is 6.32. The van der Waals surface area contributed by atoms with Gasteiger partial charge in [0.2, 0.25) is 0 Å². The standard InChI is InChI=1S/C12H17NO2.C2H4O2/c1-8-5-6-11(13-8)12(15)9-3-2-4-10(14)7-9;1-2(3)4/h2-4,7-8,11-15H,5-6H2,1H3;1H3,(H,3,4)/t8-,11-,12?;/m1./s1. The third-order valence-corrected chi connectivity index (χ3v) is 3.00. The summed E-state index contributed by atoms with van der Waals surface area (Å²) >= 11 is 0. The summed E-state index contributed by atoms with van der Waals surface area (Å²) in [5, 5.41) is 30.2. The molecule has 106 valence electrons. The van der Waals surface area contributed by atoms with Crippen LogP contribution in [-0.2, 0) is 4.79 Å². The Balaban J connectivity index is 0.000000399. The summed E-state index contributed by atoms with van der Waals surface area (Å²) < 4.78 is 0. The minimum atomic E-state index is -0.833. The number of nitrogens with one attached hydrogen (secondary N) is 1. The van der Waals surface area contributed by atoms with Crippen molar-refractivity contribution in [2.45, 2.75) is 44.9 Å². The van der Waals surface area contributed by atoms with Crippen molar-refractivity contribution in [3.05, 3.63) is 29.8 Å². The fourth-order valence-electron chi connectivity index (χ4n) is 2.15. The highest BCUT2D eigenvalue weighted by atomic mass is 16.4. The average molecular weight is 267 g/mol. The Morgan fingerprint density at radius 3 is 2.53 bits per heavy atom. The second kappa shape index (κ2) is 7.11. The lowest BCUT2D eigenvalue weighted by molar-refractivity contribution is -0.134. The van der Waals surface area contributed by atoms with E-state index in [1.165, 1.54) is 0 Å². The number of hydrogen-bond acceptors (Lipinski definition) is 4. The zero-order chi connectivity index (χ0) is 14.4. The van der Waals surface area contributed by atoms with E-state index in [1.54, 1.807) is 18.2 Å². The predicted octanol–water partition coefficient (Wildman–Crippen LogP) is 1.66. The van der Waals surface area contributed by atoms with Crippen molar-refractivity contribution < 1.29 is 20.1 Å². The Hall–Kier alpha value is -1.59. The van der Waals surface area contributed by atoms with Gasteiger partial charge in [0.1, 0.15) is 5.75 Å². The molecule has 1 heterocycles. The second-order valence-corrected chi connectivity index (χ2v) is 4.81. The molecule has 0 aliphatic carbocycles. The van der Waals surface area contributed by atoms with Gasteiger partial charge in [-0.3, -0.25) is 4.79 Å². The number of carboxylic acid groups (broad SMARTS) is 1. The number of aliphatic hydroxyl groups is 1. The Morgan fingerprint density at radius 2 is 2.05 bits per heavy atom. The summed E-state index contributed by atoms with van der Waals surface area (Å²) in [6.45, 7) is 3.20. The van der Waals surface area contributed by atoms with Crippen molar-refractivity contribution in [2.75, 3.05) is 0 Å². The van der Waals surface area contributed by atoms with Crippen LogP contribution < -0.4 is 5.32 Å². The maximum Gasteiger partial charge on any atom is 0.300 e. The maximum absolute atomic E-state index is 10.1. The highest BCUT2D eigenvalue weighted by Gasteiger charge is 2.27. The van der Waals surface area contributed by atoms with Crippen molar-refractivity contribution in [2.24, 2.45) is 0 Å². The summed E-state index contributed by atoms with van der Waals surface area (Å²) in [7, 11) is 0. The first-order valence-electron chi connectivity index (χ1n) is 6.32. The van der Waals surface area contributed by atoms with Crippen LogP contribution >= 0.6 is 0 Å². The molecule has 1 fully saturated rings. The van der Waals surface area contributed by atoms with E-state index >= 15 is 0 Å². The number of rotatable bonds is 2. The van der Waals surface area contributed by atoms with Gasteiger partial charge in [-0.25, -0.2) is 0 Å². The molecule has 4 N–H and O–H groups in total. The molecule has 1 aromatic carbocycles. The number of benzene rings is 1. The van der Waals surface area contributed by atoms with E-state index in [2.05, 4.69) is 12.2 Å². The van der Waals surface area contributed by atoms with Crippen LogP contribution in [0.5, 0.6) is 5.75 Å². The van der Waals surface area contributed by atoms with Crippen molar-refractivity contribution in [1.29, 1.82) is 0 Å². The Bertz CT molecular complexity index is 418. The fraction of sp³-hybridized carbons (Fsp3) is 0.500. The first-order chi connectivity index (χ1) is 8.90. The van der Waals surface area contributed by atoms with Crippen LogP contribution in [0.2, 0.25) is 0 Å². The Morgan fingerprint density at radius 1 is 1.42 bits per heavy atom. The van der Waals surface area contributed by atoms with Gasteiger partial charge in [-0.2, -0.15) is 0 Å². The van der Waals surface area contributed by atoms with Gasteiger partial charge in [-0.15, -0.1) is 0 Å². The van der Waals surface area contributed by atoms with Crippen LogP contribution in [0.1, 0.15) is 38.4 Å². The van der Waals surface area contributed by atoms with Gasteiger partial charge in [0, 0.05) is 19.0 Å². The van der Waals surface area contributed by atoms with Gasteiger partial charge < -0.3 is 20.6 Å². The third kappa shape index (κ3) is 5.28. The lowest BCUT2D eigenvalue weighted by Gasteiger charge is -2.19. The van der Waals surface area contributed by atoms with E-state index < -0.39 is 12.1 Å². The molecule has 1 aliphatic rings. The molecule has 0 aromatic heterocycles. The highest BCUT2D eigenvalue weighted by Crippen LogP contribution is 2.26. The molecule has 0 spiro atoms. The van der Waals surface area contributed by atoms with Crippen LogP contribution in [-0.4, -0.2) is 33.4 Å². The molecule has 1 aromatic rings. The number of phenols is 1. The molecule has 1 unspecified atom stereocenters. The molecule has 19 heavy (non-hydrogen) atoms. The number of aliphatic carboxylic acids is 1. The molecule has 0 amide bonds. The van der Waals surface area contributed by atoms with Crippen LogP contribution in [0.15, 0.2) is 24.3 Å². The van der Waals surface area contributed by atoms with E-state index in [0.717, 1.165) is 25.3 Å². The van der Waals surface area contributed by atoms with Crippen molar-refractivity contribution in [3.63, 3.8) is 0 Å². The molecular weight excluding hydrogens is 246 g/mol. The third-order valence-electron chi connectivity index (χ3n) is 3.00. The highest BCUT2D eigenvalue weighted by molar-refractivity contribution is 5.62. The molecule has 1 aliphatic heterocycles. The topological polar surface area (TPSA) is 89.8 Å². The number of aliphatic hydroxyl groups excluding tert-OH is 1. The maximum atomic E-state index is 10.1. The van der Waals surface area contributed by atoms with Crippen LogP contribution in [0, 0.1) is 0 Å². The summed E-state index contributed by atoms with van der Waals surface area (Å²) in [5.41, 5.74) is 0.779. The minimum absolute atomic E-state index is 0.113. The van der Waals surface area contributed by atoms with E-state index in [-0.39, 0.29) is 11.8 Å². The van der Waals surface area contributed by atoms with Crippen molar-refractivity contribution in [3.8, 4) is 5.75 Å². The van der Waals surface area contributed by atoms with E-state index in [4.69, 9.17) is 9.90 Å². The smallest absolute Gasteiger partial charge is 0.300 e. The monoisotopic (exact) mass is 267 g/mol. The predicted molar refractivity (Wildman–Crippen MR) is 72.0 cm³/mol. The molecule has 1 saturated heterocycles. The molecule has 0 radical (unpaired) electrons. The summed E-state index contributed by atoms with van der Waals surface area (Å²) in [6, 6.07) is 7.42. The van der Waals surface area contributed by atoms with Gasteiger partial charge in [0.25, 0.3) is 5.97 Å². The average Bonchev–Trinajstić information content (AvgIpc) is 2.74. The van der Waals surface area contributed by atoms with E-state index in [9.17, 15) is 10.2 Å². The Labute approximate surface area is 112 Å². The molecule has 5 heteroatoms. The molecule has 0 saturated carbocycles. The number of aromatic hydroxyl groups is 1. The number of hydrogen-bond donors (Lipinski definition) is 4. The molecule has 0 bridgehead atoms. The number of carboxylic acids is 1. The van der Waals surface area contributed by atoms with E-state index in [1.807, 2.05) is 6.07 Å². The first kappa shape index (κ1) is 15.5. The van der Waals surface area contributed by atoms with Gasteiger partial charge in [-0.05, 0) is 37.5 Å². The van der Waals surface area contributed by atoms with Gasteiger partial charge in [-0.1, -0.05) is 12.1 Å². The van der Waals surface area contributed by atoms with Crippen LogP contribution in [0.4, 0.5) is 0 Å². The van der Waals surface area contributed by atoms with E-state index in [0.29, 0.717) is 6.04 Å². The van der Waals surface area contributed by atoms with Gasteiger partial charge in [0.05, 0.1) is 6.10 Å². The molecule has 3 atom stereocenters. The largest absolute Gasteiger partial charge is 0.508 e. The molecule has 2 rings (SSSR count). The summed E-state index contributed by atoms with van der Waals surface area (Å²) in [4.78, 5) is 9.00. The zero-order valence-electron chi connectivity index (χ0n) is 11.2. The number of carbonyl (C=O) groups is 1. The zero-order valence-corrected chi connectivity index (χ0v) is 11.2. The molecule has 5 nitrogen and oxygen atoms in total. The van der Waals surface area contributed by atoms with Gasteiger partial charge in [0.15, 0.2) is 0 Å². The second-order valence-electron chi connectivity index (χ2n) is 4.81. The Kier molecular flexibility index (Phi) is 5.79. The van der Waals surface area contributed by atoms with Crippen molar-refractivity contribution in [1.82, 2.24) is 5.32 Å². The normalized spacial score (nSPS) is 23.3. The summed E-state index contributed by atoms with van der Waals surface area (Å²) in [6.07, 6.45) is 1.56. The van der Waals surface area contributed by atoms with Crippen molar-refractivity contribution >= 4 is 5.97 Å². The SMILES string of the molecule is CC(=O)O.C[C@@H]1CC[C@H](C(O)c2cccc(O)c2)N1. The molecular formula is C14H21NO4. The van der Waals surface area contributed by atoms with Crippen LogP contribution in [0.3, 0.4) is 0 Å². The lowest BCUT2D eigenvalue weighted by atomic mass is 10.0. The van der Waals surface area contributed by atoms with Gasteiger partial charge >= 0.3 is 0 Å². The minimum Gasteiger partial charge on any atom is -0.508 e. The number of phenolic OH excluding ortho intramolecular Hbond substituents is 1. The fourth-order valence-corrected chi connectivity index (χ4v) is 2.15. The summed E-state index contributed by atoms with van der Waals surface area (Å²) in [5.74, 6) is -0.627. The lowest BCUT2D eigenvalue weighted by Crippen LogP contribution is -2.32.